The molecule has 2 aromatic rings. The van der Waals surface area contributed by atoms with Crippen LogP contribution in [-0.4, -0.2) is 40.6 Å². The van der Waals surface area contributed by atoms with Crippen molar-refractivity contribution in [2.75, 3.05) is 20.0 Å². The summed E-state index contributed by atoms with van der Waals surface area (Å²) in [5.74, 6) is 2.50. The lowest BCUT2D eigenvalue weighted by Gasteiger charge is -2.14. The van der Waals surface area contributed by atoms with Crippen molar-refractivity contribution in [3.63, 3.8) is 0 Å². The lowest BCUT2D eigenvalue weighted by Crippen LogP contribution is -2.28. The van der Waals surface area contributed by atoms with Gasteiger partial charge in [-0.15, -0.1) is 10.2 Å². The van der Waals surface area contributed by atoms with Crippen LogP contribution in [-0.2, 0) is 7.05 Å². The van der Waals surface area contributed by atoms with Gasteiger partial charge < -0.3 is 19.4 Å². The van der Waals surface area contributed by atoms with E-state index in [9.17, 15) is 4.79 Å². The van der Waals surface area contributed by atoms with E-state index in [1.807, 2.05) is 18.5 Å². The molecule has 0 spiro atoms. The van der Waals surface area contributed by atoms with E-state index in [0.29, 0.717) is 22.9 Å². The summed E-state index contributed by atoms with van der Waals surface area (Å²) < 4.78 is 12.3. The maximum atomic E-state index is 12.5. The molecule has 24 heavy (non-hydrogen) atoms. The number of aromatic nitrogens is 3. The number of ether oxygens (including phenoxy) is 2. The number of nitrogens with one attached hydrogen (secondary N) is 1. The zero-order chi connectivity index (χ0) is 17.7. The summed E-state index contributed by atoms with van der Waals surface area (Å²) in [6, 6.07) is 4.78. The first-order chi connectivity index (χ1) is 11.5. The molecule has 0 fully saturated rings. The molecule has 0 saturated carbocycles. The zero-order valence-electron chi connectivity index (χ0n) is 14.5. The minimum atomic E-state index is -0.269. The molecule has 1 atom stereocenters. The van der Waals surface area contributed by atoms with Gasteiger partial charge in [0.05, 0.1) is 20.3 Å². The summed E-state index contributed by atoms with van der Waals surface area (Å²) in [6.07, 6.45) is 0. The molecule has 1 unspecified atom stereocenters. The van der Waals surface area contributed by atoms with Crippen LogP contribution in [0.3, 0.4) is 0 Å². The third-order valence-corrected chi connectivity index (χ3v) is 4.43. The van der Waals surface area contributed by atoms with E-state index in [4.69, 9.17) is 9.47 Å². The van der Waals surface area contributed by atoms with Crippen molar-refractivity contribution in [1.82, 2.24) is 20.1 Å². The van der Waals surface area contributed by atoms with Gasteiger partial charge in [0.25, 0.3) is 5.91 Å². The summed E-state index contributed by atoms with van der Waals surface area (Å²) in [4.78, 5) is 12.5. The van der Waals surface area contributed by atoms with Gasteiger partial charge in [-0.05, 0) is 30.9 Å². The van der Waals surface area contributed by atoms with Gasteiger partial charge >= 0.3 is 0 Å². The van der Waals surface area contributed by atoms with E-state index < -0.39 is 0 Å². The average molecular weight is 350 g/mol. The maximum Gasteiger partial charge on any atom is 0.252 e. The second-order valence-corrected chi connectivity index (χ2v) is 6.33. The van der Waals surface area contributed by atoms with Crippen LogP contribution in [0.5, 0.6) is 11.5 Å². The van der Waals surface area contributed by atoms with E-state index in [1.165, 1.54) is 7.11 Å². The molecule has 0 saturated heterocycles. The molecule has 1 heterocycles. The number of carbonyl (C=O) groups is 1. The number of hydrogen-bond donors (Lipinski definition) is 1. The Hall–Kier alpha value is -2.22. The second kappa shape index (κ2) is 8.05. The van der Waals surface area contributed by atoms with Crippen LogP contribution >= 0.6 is 11.8 Å². The standard InChI is InChI=1S/C16H22N4O3S/c1-6-24-16-19-18-14(20(16)3)10(2)17-15(21)11-7-8-12(22-4)13(9-11)23-5/h7-10H,6H2,1-5H3,(H,17,21). The van der Waals surface area contributed by atoms with Gasteiger partial charge in [0.1, 0.15) is 0 Å². The molecular weight excluding hydrogens is 328 g/mol. The summed E-state index contributed by atoms with van der Waals surface area (Å²) >= 11 is 1.61. The minimum absolute atomic E-state index is 0.212. The normalized spacial score (nSPS) is 11.9. The van der Waals surface area contributed by atoms with Gasteiger partial charge in [-0.3, -0.25) is 4.79 Å². The topological polar surface area (TPSA) is 78.3 Å². The van der Waals surface area contributed by atoms with Crippen molar-refractivity contribution in [1.29, 1.82) is 0 Å². The van der Waals surface area contributed by atoms with Gasteiger partial charge in [0, 0.05) is 12.6 Å². The number of rotatable bonds is 7. The van der Waals surface area contributed by atoms with E-state index in [0.717, 1.165) is 10.9 Å². The van der Waals surface area contributed by atoms with Gasteiger partial charge in [-0.1, -0.05) is 18.7 Å². The van der Waals surface area contributed by atoms with E-state index in [2.05, 4.69) is 22.4 Å². The van der Waals surface area contributed by atoms with Crippen molar-refractivity contribution in [3.05, 3.63) is 29.6 Å². The lowest BCUT2D eigenvalue weighted by molar-refractivity contribution is 0.0937. The quantitative estimate of drug-likeness (QED) is 0.773. The number of thioether (sulfide) groups is 1. The predicted molar refractivity (Wildman–Crippen MR) is 92.8 cm³/mol. The van der Waals surface area contributed by atoms with E-state index in [-0.39, 0.29) is 11.9 Å². The van der Waals surface area contributed by atoms with Gasteiger partial charge in [0.15, 0.2) is 22.5 Å². The average Bonchev–Trinajstić information content (AvgIpc) is 2.95. The molecule has 1 aromatic heterocycles. The molecule has 1 amide bonds. The Morgan fingerprint density at radius 2 is 2.00 bits per heavy atom. The Morgan fingerprint density at radius 1 is 1.29 bits per heavy atom. The number of amides is 1. The van der Waals surface area contributed by atoms with Crippen molar-refractivity contribution in [3.8, 4) is 11.5 Å². The fraction of sp³-hybridized carbons (Fsp3) is 0.438. The highest BCUT2D eigenvalue weighted by Gasteiger charge is 2.19. The SMILES string of the molecule is CCSc1nnc(C(C)NC(=O)c2ccc(OC)c(OC)c2)n1C. The first kappa shape index (κ1) is 18.1. The summed E-state index contributed by atoms with van der Waals surface area (Å²) in [6.45, 7) is 3.93. The summed E-state index contributed by atoms with van der Waals surface area (Å²) in [5.41, 5.74) is 0.491. The number of methoxy groups -OCH3 is 2. The molecule has 0 aliphatic rings. The lowest BCUT2D eigenvalue weighted by atomic mass is 10.1. The smallest absolute Gasteiger partial charge is 0.252 e. The van der Waals surface area contributed by atoms with Crippen LogP contribution in [0.15, 0.2) is 23.4 Å². The van der Waals surface area contributed by atoms with Crippen molar-refractivity contribution < 1.29 is 14.3 Å². The molecule has 2 rings (SSSR count). The number of carbonyl (C=O) groups excluding carboxylic acids is 1. The number of hydrogen-bond acceptors (Lipinski definition) is 6. The molecular formula is C16H22N4O3S. The van der Waals surface area contributed by atoms with Crippen molar-refractivity contribution in [2.45, 2.75) is 25.0 Å². The highest BCUT2D eigenvalue weighted by Crippen LogP contribution is 2.27. The molecule has 8 heteroatoms. The highest BCUT2D eigenvalue weighted by atomic mass is 32.2. The highest BCUT2D eigenvalue weighted by molar-refractivity contribution is 7.99. The third-order valence-electron chi connectivity index (χ3n) is 3.52. The van der Waals surface area contributed by atoms with Crippen LogP contribution < -0.4 is 14.8 Å². The molecule has 130 valence electrons. The summed E-state index contributed by atoms with van der Waals surface area (Å²) in [5, 5.41) is 12.1. The minimum Gasteiger partial charge on any atom is -0.493 e. The second-order valence-electron chi connectivity index (χ2n) is 5.10. The molecule has 0 aliphatic carbocycles. The monoisotopic (exact) mass is 350 g/mol. The number of nitrogens with zero attached hydrogens (tertiary/aromatic N) is 3. The first-order valence-electron chi connectivity index (χ1n) is 7.56. The van der Waals surface area contributed by atoms with Crippen molar-refractivity contribution in [2.24, 2.45) is 7.05 Å². The Morgan fingerprint density at radius 3 is 2.62 bits per heavy atom. The van der Waals surface area contributed by atoms with E-state index >= 15 is 0 Å². The Kier molecular flexibility index (Phi) is 6.08. The zero-order valence-corrected chi connectivity index (χ0v) is 15.3. The van der Waals surface area contributed by atoms with Crippen LogP contribution in [0.25, 0.3) is 0 Å². The molecule has 1 N–H and O–H groups in total. The first-order valence-corrected chi connectivity index (χ1v) is 8.55. The summed E-state index contributed by atoms with van der Waals surface area (Å²) in [7, 11) is 4.99. The molecule has 1 aromatic carbocycles. The molecule has 7 nitrogen and oxygen atoms in total. The fourth-order valence-corrected chi connectivity index (χ4v) is 2.92. The Labute approximate surface area is 145 Å². The number of benzene rings is 1. The van der Waals surface area contributed by atoms with Crippen LogP contribution in [0.2, 0.25) is 0 Å². The Bertz CT molecular complexity index is 717. The molecule has 0 radical (unpaired) electrons. The van der Waals surface area contributed by atoms with Gasteiger partial charge in [-0.2, -0.15) is 0 Å². The molecule has 0 aliphatic heterocycles. The Balaban J connectivity index is 2.14. The maximum absolute atomic E-state index is 12.5. The fourth-order valence-electron chi connectivity index (χ4n) is 2.28. The van der Waals surface area contributed by atoms with Crippen molar-refractivity contribution >= 4 is 17.7 Å². The van der Waals surface area contributed by atoms with Gasteiger partial charge in [0.2, 0.25) is 0 Å². The van der Waals surface area contributed by atoms with E-state index in [1.54, 1.807) is 37.1 Å². The van der Waals surface area contributed by atoms with Crippen LogP contribution in [0.4, 0.5) is 0 Å². The predicted octanol–water partition coefficient (Wildman–Crippen LogP) is 2.44. The third kappa shape index (κ3) is 3.81. The van der Waals surface area contributed by atoms with Crippen LogP contribution in [0.1, 0.15) is 36.1 Å². The molecule has 0 bridgehead atoms. The van der Waals surface area contributed by atoms with Gasteiger partial charge in [-0.25, -0.2) is 0 Å². The van der Waals surface area contributed by atoms with Crippen LogP contribution in [0, 0.1) is 0 Å². The largest absolute Gasteiger partial charge is 0.493 e.